The van der Waals surface area contributed by atoms with E-state index in [2.05, 4.69) is 30.8 Å². The number of benzene rings is 1. The van der Waals surface area contributed by atoms with Crippen LogP contribution in [0.4, 0.5) is 0 Å². The van der Waals surface area contributed by atoms with Crippen molar-refractivity contribution in [2.24, 2.45) is 0 Å². The molecule has 2 heteroatoms. The quantitative estimate of drug-likeness (QED) is 0.837. The highest BCUT2D eigenvalue weighted by molar-refractivity contribution is 5.43. The van der Waals surface area contributed by atoms with E-state index in [-0.39, 0.29) is 0 Å². The average Bonchev–Trinajstić information content (AvgIpc) is 2.35. The summed E-state index contributed by atoms with van der Waals surface area (Å²) in [7, 11) is 1.75. The maximum Gasteiger partial charge on any atom is 0.122 e. The number of hydrogen-bond donors (Lipinski definition) is 1. The Balaban J connectivity index is 2.09. The Labute approximate surface area is 98.0 Å². The van der Waals surface area contributed by atoms with Gasteiger partial charge >= 0.3 is 0 Å². The maximum atomic E-state index is 5.39. The number of nitrogens with one attached hydrogen (secondary N) is 1. The van der Waals surface area contributed by atoms with Gasteiger partial charge in [0.25, 0.3) is 0 Å². The van der Waals surface area contributed by atoms with Crippen LogP contribution in [0.5, 0.6) is 5.75 Å². The van der Waals surface area contributed by atoms with Crippen LogP contribution in [0.2, 0.25) is 0 Å². The molecule has 0 saturated carbocycles. The van der Waals surface area contributed by atoms with Crippen molar-refractivity contribution in [3.63, 3.8) is 0 Å². The summed E-state index contributed by atoms with van der Waals surface area (Å²) in [5.41, 5.74) is 2.79. The van der Waals surface area contributed by atoms with Gasteiger partial charge in [-0.15, -0.1) is 0 Å². The van der Waals surface area contributed by atoms with Crippen molar-refractivity contribution < 1.29 is 4.74 Å². The van der Waals surface area contributed by atoms with Crippen molar-refractivity contribution in [3.8, 4) is 5.75 Å². The van der Waals surface area contributed by atoms with Gasteiger partial charge < -0.3 is 10.1 Å². The van der Waals surface area contributed by atoms with Crippen molar-refractivity contribution in [2.75, 3.05) is 13.7 Å². The molecule has 0 unspecified atom stereocenters. The van der Waals surface area contributed by atoms with Crippen LogP contribution < -0.4 is 10.1 Å². The molecule has 0 aromatic heterocycles. The minimum atomic E-state index is 0.527. The maximum absolute atomic E-state index is 5.39. The first-order chi connectivity index (χ1) is 7.85. The third-order valence-electron chi connectivity index (χ3n) is 3.15. The highest BCUT2D eigenvalue weighted by Gasteiger charge is 2.20. The summed E-state index contributed by atoms with van der Waals surface area (Å²) >= 11 is 0. The van der Waals surface area contributed by atoms with E-state index in [0.29, 0.717) is 6.04 Å². The molecule has 0 spiro atoms. The van der Waals surface area contributed by atoms with Crippen LogP contribution in [0.15, 0.2) is 18.2 Å². The molecule has 1 aliphatic rings. The van der Waals surface area contributed by atoms with Gasteiger partial charge in [-0.3, -0.25) is 0 Å². The third kappa shape index (κ3) is 2.38. The van der Waals surface area contributed by atoms with Crippen molar-refractivity contribution in [1.29, 1.82) is 0 Å². The predicted octanol–water partition coefficient (Wildman–Crippen LogP) is 2.37. The minimum absolute atomic E-state index is 0.527. The van der Waals surface area contributed by atoms with Crippen molar-refractivity contribution >= 4 is 0 Å². The summed E-state index contributed by atoms with van der Waals surface area (Å²) in [5.74, 6) is 1.03. The standard InChI is InChI=1S/C14H20NO/c1-3-9-15-12-7-8-13-11(10-12)5-4-6-14(13)16-2/h4-7,12,15H,3,8-10H2,1-2H3/t12-/m0/s1. The molecule has 2 nitrogen and oxygen atoms in total. The lowest BCUT2D eigenvalue weighted by Crippen LogP contribution is -2.35. The number of rotatable bonds is 4. The lowest BCUT2D eigenvalue weighted by atomic mass is 9.87. The highest BCUT2D eigenvalue weighted by atomic mass is 16.5. The first kappa shape index (κ1) is 11.5. The molecule has 87 valence electrons. The van der Waals surface area contributed by atoms with Gasteiger partial charge in [-0.2, -0.15) is 0 Å². The molecule has 0 amide bonds. The second-order valence-electron chi connectivity index (χ2n) is 4.30. The van der Waals surface area contributed by atoms with E-state index in [9.17, 15) is 0 Å². The van der Waals surface area contributed by atoms with Gasteiger partial charge in [0.2, 0.25) is 0 Å². The van der Waals surface area contributed by atoms with Crippen LogP contribution in [0, 0.1) is 6.42 Å². The van der Waals surface area contributed by atoms with Crippen LogP contribution in [-0.2, 0) is 12.8 Å². The molecule has 1 aromatic rings. The minimum Gasteiger partial charge on any atom is -0.496 e. The zero-order chi connectivity index (χ0) is 11.4. The van der Waals surface area contributed by atoms with Gasteiger partial charge in [0.1, 0.15) is 5.75 Å². The molecule has 1 N–H and O–H groups in total. The van der Waals surface area contributed by atoms with Crippen LogP contribution in [-0.4, -0.2) is 19.7 Å². The highest BCUT2D eigenvalue weighted by Crippen LogP contribution is 2.28. The monoisotopic (exact) mass is 218 g/mol. The first-order valence-corrected chi connectivity index (χ1v) is 6.06. The molecule has 0 heterocycles. The molecule has 0 bridgehead atoms. The Morgan fingerprint density at radius 1 is 1.44 bits per heavy atom. The van der Waals surface area contributed by atoms with Gasteiger partial charge in [-0.1, -0.05) is 19.1 Å². The topological polar surface area (TPSA) is 21.3 Å². The molecule has 1 atom stereocenters. The van der Waals surface area contributed by atoms with E-state index in [1.807, 2.05) is 6.07 Å². The second kappa shape index (κ2) is 5.35. The van der Waals surface area contributed by atoms with Crippen LogP contribution in [0.1, 0.15) is 24.5 Å². The summed E-state index contributed by atoms with van der Waals surface area (Å²) in [5, 5.41) is 3.55. The fraction of sp³-hybridized carbons (Fsp3) is 0.500. The van der Waals surface area contributed by atoms with Gasteiger partial charge in [-0.05, 0) is 49.4 Å². The summed E-state index contributed by atoms with van der Waals surface area (Å²) < 4.78 is 5.39. The Morgan fingerprint density at radius 2 is 2.31 bits per heavy atom. The van der Waals surface area contributed by atoms with Crippen molar-refractivity contribution in [2.45, 2.75) is 32.2 Å². The van der Waals surface area contributed by atoms with Gasteiger partial charge in [0, 0.05) is 6.04 Å². The third-order valence-corrected chi connectivity index (χ3v) is 3.15. The number of hydrogen-bond acceptors (Lipinski definition) is 2. The van der Waals surface area contributed by atoms with E-state index >= 15 is 0 Å². The van der Waals surface area contributed by atoms with E-state index in [0.717, 1.165) is 25.1 Å². The Hall–Kier alpha value is -1.02. The molecule has 2 rings (SSSR count). The van der Waals surface area contributed by atoms with Crippen LogP contribution in [0.25, 0.3) is 0 Å². The van der Waals surface area contributed by atoms with E-state index in [1.54, 1.807) is 7.11 Å². The van der Waals surface area contributed by atoms with Gasteiger partial charge in [0.05, 0.1) is 7.11 Å². The second-order valence-corrected chi connectivity index (χ2v) is 4.30. The van der Waals surface area contributed by atoms with E-state index < -0.39 is 0 Å². The van der Waals surface area contributed by atoms with Crippen LogP contribution in [0.3, 0.4) is 0 Å². The summed E-state index contributed by atoms with van der Waals surface area (Å²) in [4.78, 5) is 0. The lowest BCUT2D eigenvalue weighted by Gasteiger charge is -2.26. The fourth-order valence-electron chi connectivity index (χ4n) is 2.29. The van der Waals surface area contributed by atoms with Gasteiger partial charge in [0.15, 0.2) is 0 Å². The molecule has 1 aromatic carbocycles. The van der Waals surface area contributed by atoms with E-state index in [4.69, 9.17) is 4.74 Å². The van der Waals surface area contributed by atoms with Crippen molar-refractivity contribution in [3.05, 3.63) is 35.7 Å². The summed E-state index contributed by atoms with van der Waals surface area (Å²) in [6.07, 6.45) is 5.66. The smallest absolute Gasteiger partial charge is 0.122 e. The normalized spacial score (nSPS) is 19.2. The largest absolute Gasteiger partial charge is 0.496 e. The molecular formula is C14H20NO. The predicted molar refractivity (Wildman–Crippen MR) is 66.8 cm³/mol. The molecule has 0 aliphatic heterocycles. The number of fused-ring (bicyclic) bond motifs is 1. The molecule has 0 fully saturated rings. The molecule has 1 aliphatic carbocycles. The number of ether oxygens (including phenoxy) is 1. The van der Waals surface area contributed by atoms with Crippen LogP contribution >= 0.6 is 0 Å². The Bertz CT molecular complexity index is 349. The molecular weight excluding hydrogens is 198 g/mol. The molecule has 0 saturated heterocycles. The van der Waals surface area contributed by atoms with Gasteiger partial charge in [-0.25, -0.2) is 0 Å². The average molecular weight is 218 g/mol. The summed E-state index contributed by atoms with van der Waals surface area (Å²) in [6, 6.07) is 6.87. The number of methoxy groups -OCH3 is 1. The molecule has 16 heavy (non-hydrogen) atoms. The zero-order valence-corrected chi connectivity index (χ0v) is 10.1. The lowest BCUT2D eigenvalue weighted by molar-refractivity contribution is 0.406. The Morgan fingerprint density at radius 3 is 3.06 bits per heavy atom. The van der Waals surface area contributed by atoms with E-state index in [1.165, 1.54) is 17.5 Å². The SMILES string of the molecule is CCCN[C@H]1[CH]Cc2c(cccc2OC)C1. The fourth-order valence-corrected chi connectivity index (χ4v) is 2.29. The summed E-state index contributed by atoms with van der Waals surface area (Å²) in [6.45, 7) is 3.30. The Kier molecular flexibility index (Phi) is 3.83. The first-order valence-electron chi connectivity index (χ1n) is 6.06. The zero-order valence-electron chi connectivity index (χ0n) is 10.1. The van der Waals surface area contributed by atoms with Crippen molar-refractivity contribution in [1.82, 2.24) is 5.32 Å². The molecule has 1 radical (unpaired) electrons.